The van der Waals surface area contributed by atoms with E-state index in [2.05, 4.69) is 16.9 Å². The normalized spacial score (nSPS) is 12.5. The lowest BCUT2D eigenvalue weighted by atomic mass is 10.2. The van der Waals surface area contributed by atoms with Gasteiger partial charge < -0.3 is 15.4 Å². The molecular formula is C12H22N4O. The molecule has 1 atom stereocenters. The smallest absolute Gasteiger partial charge is 0.131 e. The van der Waals surface area contributed by atoms with Crippen molar-refractivity contribution in [3.05, 3.63) is 18.1 Å². The molecule has 5 heteroatoms. The fourth-order valence-corrected chi connectivity index (χ4v) is 1.70. The fraction of sp³-hybridized carbons (Fsp3) is 0.667. The van der Waals surface area contributed by atoms with Crippen LogP contribution in [0.4, 0.5) is 5.82 Å². The molecule has 0 saturated carbocycles. The second kappa shape index (κ2) is 7.19. The Kier molecular flexibility index (Phi) is 5.86. The molecule has 1 rings (SSSR count). The molecule has 0 bridgehead atoms. The average Bonchev–Trinajstić information content (AvgIpc) is 2.30. The molecule has 1 aromatic heterocycles. The van der Waals surface area contributed by atoms with Crippen LogP contribution < -0.4 is 10.6 Å². The first-order valence-corrected chi connectivity index (χ1v) is 5.94. The van der Waals surface area contributed by atoms with Crippen molar-refractivity contribution in [3.8, 4) is 0 Å². The number of nitrogens with two attached hydrogens (primary N) is 1. The van der Waals surface area contributed by atoms with E-state index in [4.69, 9.17) is 10.5 Å². The molecule has 0 amide bonds. The molecule has 0 fully saturated rings. The van der Waals surface area contributed by atoms with Gasteiger partial charge in [0.2, 0.25) is 0 Å². The highest BCUT2D eigenvalue weighted by Gasteiger charge is 2.09. The molecule has 0 aliphatic carbocycles. The molecule has 5 nitrogen and oxygen atoms in total. The molecule has 0 radical (unpaired) electrons. The van der Waals surface area contributed by atoms with Crippen LogP contribution in [0.25, 0.3) is 0 Å². The van der Waals surface area contributed by atoms with Gasteiger partial charge in [-0.3, -0.25) is 0 Å². The number of hydrogen-bond acceptors (Lipinski definition) is 5. The molecule has 0 saturated heterocycles. The number of aryl methyl sites for hydroxylation is 1. The van der Waals surface area contributed by atoms with Crippen molar-refractivity contribution in [1.29, 1.82) is 0 Å². The van der Waals surface area contributed by atoms with E-state index in [1.54, 1.807) is 13.4 Å². The summed E-state index contributed by atoms with van der Waals surface area (Å²) in [5, 5.41) is 0. The van der Waals surface area contributed by atoms with Crippen LogP contribution in [0.15, 0.2) is 12.4 Å². The van der Waals surface area contributed by atoms with Gasteiger partial charge in [0.1, 0.15) is 12.1 Å². The van der Waals surface area contributed by atoms with Gasteiger partial charge in [0.05, 0.1) is 6.61 Å². The van der Waals surface area contributed by atoms with Crippen molar-refractivity contribution in [3.63, 3.8) is 0 Å². The van der Waals surface area contributed by atoms with E-state index < -0.39 is 0 Å². The van der Waals surface area contributed by atoms with E-state index in [1.165, 1.54) is 0 Å². The largest absolute Gasteiger partial charge is 0.383 e. The van der Waals surface area contributed by atoms with E-state index >= 15 is 0 Å². The van der Waals surface area contributed by atoms with Crippen LogP contribution in [0.2, 0.25) is 0 Å². The molecule has 1 heterocycles. The Morgan fingerprint density at radius 3 is 2.88 bits per heavy atom. The third-order valence-corrected chi connectivity index (χ3v) is 2.50. The van der Waals surface area contributed by atoms with Gasteiger partial charge in [-0.15, -0.1) is 0 Å². The van der Waals surface area contributed by atoms with Crippen LogP contribution in [0, 0.1) is 0 Å². The average molecular weight is 238 g/mol. The number of aromatic nitrogens is 2. The second-order valence-electron chi connectivity index (χ2n) is 4.21. The number of likely N-dealkylation sites (N-methyl/N-ethyl adjacent to an activating group) is 1. The van der Waals surface area contributed by atoms with E-state index in [0.717, 1.165) is 30.9 Å². The third-order valence-electron chi connectivity index (χ3n) is 2.50. The highest BCUT2D eigenvalue weighted by atomic mass is 16.5. The van der Waals surface area contributed by atoms with Gasteiger partial charge >= 0.3 is 0 Å². The fourth-order valence-electron chi connectivity index (χ4n) is 1.70. The first-order valence-electron chi connectivity index (χ1n) is 5.94. The van der Waals surface area contributed by atoms with E-state index in [0.29, 0.717) is 6.61 Å². The quantitative estimate of drug-likeness (QED) is 0.762. The molecule has 17 heavy (non-hydrogen) atoms. The third kappa shape index (κ3) is 4.66. The zero-order chi connectivity index (χ0) is 12.7. The molecule has 0 aliphatic rings. The maximum absolute atomic E-state index is 5.91. The number of nitrogens with zero attached hydrogens (tertiary/aromatic N) is 3. The van der Waals surface area contributed by atoms with E-state index in [1.807, 2.05) is 18.0 Å². The minimum atomic E-state index is -0.00501. The van der Waals surface area contributed by atoms with Crippen molar-refractivity contribution < 1.29 is 4.74 Å². The number of hydrogen-bond donors (Lipinski definition) is 1. The van der Waals surface area contributed by atoms with Crippen LogP contribution in [-0.4, -0.2) is 43.3 Å². The van der Waals surface area contributed by atoms with E-state index in [9.17, 15) is 0 Å². The minimum Gasteiger partial charge on any atom is -0.383 e. The molecule has 1 aromatic rings. The maximum Gasteiger partial charge on any atom is 0.131 e. The van der Waals surface area contributed by atoms with Gasteiger partial charge in [0, 0.05) is 38.5 Å². The van der Waals surface area contributed by atoms with Crippen LogP contribution in [0.5, 0.6) is 0 Å². The van der Waals surface area contributed by atoms with Crippen molar-refractivity contribution in [2.24, 2.45) is 5.73 Å². The summed E-state index contributed by atoms with van der Waals surface area (Å²) >= 11 is 0. The molecule has 1 unspecified atom stereocenters. The molecular weight excluding hydrogens is 216 g/mol. The zero-order valence-corrected chi connectivity index (χ0v) is 10.9. The summed E-state index contributed by atoms with van der Waals surface area (Å²) in [6.07, 6.45) is 3.68. The zero-order valence-electron chi connectivity index (χ0n) is 10.9. The Labute approximate surface area is 103 Å². The summed E-state index contributed by atoms with van der Waals surface area (Å²) in [5.41, 5.74) is 6.98. The Morgan fingerprint density at radius 2 is 2.24 bits per heavy atom. The summed E-state index contributed by atoms with van der Waals surface area (Å²) in [7, 11) is 3.64. The summed E-state index contributed by atoms with van der Waals surface area (Å²) in [6.45, 7) is 3.41. The number of methoxy groups -OCH3 is 1. The molecule has 2 N–H and O–H groups in total. The van der Waals surface area contributed by atoms with Crippen molar-refractivity contribution in [1.82, 2.24) is 9.97 Å². The summed E-state index contributed by atoms with van der Waals surface area (Å²) in [4.78, 5) is 10.5. The van der Waals surface area contributed by atoms with Gasteiger partial charge in [0.15, 0.2) is 0 Å². The SMILES string of the molecule is CCCc1cc(N(C)CC(N)COC)ncn1. The summed E-state index contributed by atoms with van der Waals surface area (Å²) in [6, 6.07) is 2.01. The maximum atomic E-state index is 5.91. The predicted molar refractivity (Wildman–Crippen MR) is 69.1 cm³/mol. The van der Waals surface area contributed by atoms with Crippen LogP contribution >= 0.6 is 0 Å². The number of anilines is 1. The number of rotatable bonds is 7. The lowest BCUT2D eigenvalue weighted by molar-refractivity contribution is 0.181. The molecule has 0 aromatic carbocycles. The molecule has 96 valence electrons. The monoisotopic (exact) mass is 238 g/mol. The van der Waals surface area contributed by atoms with Gasteiger partial charge in [-0.2, -0.15) is 0 Å². The van der Waals surface area contributed by atoms with Crippen molar-refractivity contribution in [2.45, 2.75) is 25.8 Å². The van der Waals surface area contributed by atoms with Crippen molar-refractivity contribution in [2.75, 3.05) is 32.2 Å². The Morgan fingerprint density at radius 1 is 1.47 bits per heavy atom. The number of ether oxygens (including phenoxy) is 1. The molecule has 0 aliphatic heterocycles. The van der Waals surface area contributed by atoms with Gasteiger partial charge in [-0.1, -0.05) is 13.3 Å². The highest BCUT2D eigenvalue weighted by Crippen LogP contribution is 2.10. The lowest BCUT2D eigenvalue weighted by Crippen LogP contribution is -2.38. The highest BCUT2D eigenvalue weighted by molar-refractivity contribution is 5.38. The standard InChI is InChI=1S/C12H22N4O/c1-4-5-11-6-12(15-9-14-11)16(2)7-10(13)8-17-3/h6,9-10H,4-5,7-8,13H2,1-3H3. The van der Waals surface area contributed by atoms with Crippen molar-refractivity contribution >= 4 is 5.82 Å². The topological polar surface area (TPSA) is 64.3 Å². The Bertz CT molecular complexity index is 332. The van der Waals surface area contributed by atoms with Crippen LogP contribution in [0.1, 0.15) is 19.0 Å². The van der Waals surface area contributed by atoms with Crippen LogP contribution in [0.3, 0.4) is 0 Å². The minimum absolute atomic E-state index is 0.00501. The lowest BCUT2D eigenvalue weighted by Gasteiger charge is -2.22. The second-order valence-corrected chi connectivity index (χ2v) is 4.21. The van der Waals surface area contributed by atoms with Gasteiger partial charge in [-0.25, -0.2) is 9.97 Å². The van der Waals surface area contributed by atoms with E-state index in [-0.39, 0.29) is 6.04 Å². The van der Waals surface area contributed by atoms with Gasteiger partial charge in [-0.05, 0) is 6.42 Å². The Balaban J connectivity index is 2.61. The first-order chi connectivity index (χ1) is 8.17. The Hall–Kier alpha value is -1.20. The summed E-state index contributed by atoms with van der Waals surface area (Å²) < 4.78 is 5.02. The van der Waals surface area contributed by atoms with Crippen LogP contribution in [-0.2, 0) is 11.2 Å². The first kappa shape index (κ1) is 13.9. The summed E-state index contributed by atoms with van der Waals surface area (Å²) in [5.74, 6) is 0.912. The van der Waals surface area contributed by atoms with Gasteiger partial charge in [0.25, 0.3) is 0 Å². The molecule has 0 spiro atoms. The predicted octanol–water partition coefficient (Wildman–Crippen LogP) is 0.839.